The van der Waals surface area contributed by atoms with E-state index in [0.717, 1.165) is 54.3 Å². The number of sulfonamides is 1. The van der Waals surface area contributed by atoms with Gasteiger partial charge in [-0.1, -0.05) is 84.9 Å². The molecule has 0 saturated heterocycles. The number of hydrogen-bond acceptors (Lipinski definition) is 4. The van der Waals surface area contributed by atoms with E-state index in [0.29, 0.717) is 15.6 Å². The lowest BCUT2D eigenvalue weighted by Gasteiger charge is -2.35. The number of benzene rings is 3. The third-order valence-electron chi connectivity index (χ3n) is 7.39. The number of nitrogens with one attached hydrogen (secondary N) is 1. The molecule has 1 fully saturated rings. The summed E-state index contributed by atoms with van der Waals surface area (Å²) in [4.78, 5) is 29.5. The van der Waals surface area contributed by atoms with Crippen LogP contribution < -0.4 is 9.62 Å². The van der Waals surface area contributed by atoms with E-state index in [1.807, 2.05) is 30.3 Å². The molecule has 0 aliphatic heterocycles. The van der Waals surface area contributed by atoms with Crippen LogP contribution in [0.15, 0.2) is 72.8 Å². The Balaban J connectivity index is 1.76. The Bertz CT molecular complexity index is 1480. The van der Waals surface area contributed by atoms with Crippen LogP contribution in [0.25, 0.3) is 0 Å². The van der Waals surface area contributed by atoms with Crippen molar-refractivity contribution in [3.63, 3.8) is 0 Å². The zero-order valence-corrected chi connectivity index (χ0v) is 25.6. The van der Waals surface area contributed by atoms with Gasteiger partial charge < -0.3 is 10.2 Å². The molecule has 0 bridgehead atoms. The molecule has 1 aliphatic rings. The van der Waals surface area contributed by atoms with Crippen molar-refractivity contribution in [2.75, 3.05) is 17.1 Å². The summed E-state index contributed by atoms with van der Waals surface area (Å²) < 4.78 is 40.6. The van der Waals surface area contributed by atoms with Gasteiger partial charge in [-0.15, -0.1) is 0 Å². The van der Waals surface area contributed by atoms with Gasteiger partial charge in [0.15, 0.2) is 0 Å². The molecule has 1 atom stereocenters. The Morgan fingerprint density at radius 2 is 1.60 bits per heavy atom. The molecule has 42 heavy (non-hydrogen) atoms. The summed E-state index contributed by atoms with van der Waals surface area (Å²) >= 11 is 13.0. The monoisotopic (exact) mass is 633 g/mol. The van der Waals surface area contributed by atoms with Crippen LogP contribution in [0.3, 0.4) is 0 Å². The van der Waals surface area contributed by atoms with E-state index in [4.69, 9.17) is 23.2 Å². The summed E-state index contributed by atoms with van der Waals surface area (Å²) in [5.41, 5.74) is 1.23. The predicted octanol–water partition coefficient (Wildman–Crippen LogP) is 5.99. The minimum absolute atomic E-state index is 0.00663. The van der Waals surface area contributed by atoms with Crippen LogP contribution in [0.1, 0.15) is 43.2 Å². The molecule has 1 saturated carbocycles. The maximum absolute atomic E-state index is 14.2. The third kappa shape index (κ3) is 8.46. The van der Waals surface area contributed by atoms with Gasteiger partial charge in [0, 0.05) is 34.6 Å². The minimum Gasteiger partial charge on any atom is -0.352 e. The van der Waals surface area contributed by atoms with Crippen molar-refractivity contribution in [2.45, 2.75) is 57.2 Å². The van der Waals surface area contributed by atoms with Crippen molar-refractivity contribution in [1.29, 1.82) is 0 Å². The Morgan fingerprint density at radius 3 is 2.21 bits per heavy atom. The molecule has 2 amide bonds. The molecule has 0 heterocycles. The maximum Gasteiger partial charge on any atom is 0.244 e. The van der Waals surface area contributed by atoms with Crippen molar-refractivity contribution in [3.05, 3.63) is 99.8 Å². The van der Waals surface area contributed by atoms with E-state index in [1.165, 1.54) is 23.1 Å². The van der Waals surface area contributed by atoms with Gasteiger partial charge in [0.1, 0.15) is 18.4 Å². The van der Waals surface area contributed by atoms with Crippen molar-refractivity contribution in [1.82, 2.24) is 10.2 Å². The zero-order chi connectivity index (χ0) is 30.3. The van der Waals surface area contributed by atoms with Gasteiger partial charge in [-0.25, -0.2) is 12.8 Å². The lowest BCUT2D eigenvalue weighted by molar-refractivity contribution is -0.140. The van der Waals surface area contributed by atoms with E-state index in [9.17, 15) is 22.4 Å². The van der Waals surface area contributed by atoms with Crippen LogP contribution in [-0.4, -0.2) is 50.0 Å². The number of anilines is 1. The number of carbonyl (C=O) groups is 2. The molecule has 0 aromatic heterocycles. The molecule has 3 aromatic carbocycles. The number of amides is 2. The van der Waals surface area contributed by atoms with Gasteiger partial charge in [-0.2, -0.15) is 0 Å². The second-order valence-corrected chi connectivity index (χ2v) is 13.2. The summed E-state index contributed by atoms with van der Waals surface area (Å²) in [6.07, 6.45) is 5.91. The molecule has 4 rings (SSSR count). The first-order valence-electron chi connectivity index (χ1n) is 13.8. The second-order valence-electron chi connectivity index (χ2n) is 10.5. The molecule has 3 aromatic rings. The number of nitrogens with zero attached hydrogens (tertiary/aromatic N) is 2. The maximum atomic E-state index is 14.2. The van der Waals surface area contributed by atoms with Crippen molar-refractivity contribution in [3.8, 4) is 0 Å². The molecule has 224 valence electrons. The van der Waals surface area contributed by atoms with Gasteiger partial charge in [0.05, 0.1) is 11.9 Å². The summed E-state index contributed by atoms with van der Waals surface area (Å²) in [6, 6.07) is 18.2. The number of rotatable bonds is 11. The quantitative estimate of drug-likeness (QED) is 0.281. The molecule has 11 heteroatoms. The van der Waals surface area contributed by atoms with E-state index < -0.39 is 34.3 Å². The van der Waals surface area contributed by atoms with E-state index in [-0.39, 0.29) is 30.6 Å². The van der Waals surface area contributed by atoms with Crippen LogP contribution in [0.4, 0.5) is 10.1 Å². The number of carbonyl (C=O) groups excluding carboxylic acids is 2. The van der Waals surface area contributed by atoms with Gasteiger partial charge in [-0.05, 0) is 48.7 Å². The van der Waals surface area contributed by atoms with Gasteiger partial charge in [0.2, 0.25) is 21.8 Å². The van der Waals surface area contributed by atoms with Crippen LogP contribution >= 0.6 is 23.2 Å². The highest BCUT2D eigenvalue weighted by molar-refractivity contribution is 7.92. The first kappa shape index (κ1) is 31.8. The molecule has 1 aliphatic carbocycles. The van der Waals surface area contributed by atoms with Crippen LogP contribution in [-0.2, 0) is 32.6 Å². The van der Waals surface area contributed by atoms with Crippen LogP contribution in [0, 0.1) is 5.82 Å². The highest BCUT2D eigenvalue weighted by Gasteiger charge is 2.34. The van der Waals surface area contributed by atoms with Crippen molar-refractivity contribution < 1.29 is 22.4 Å². The summed E-state index contributed by atoms with van der Waals surface area (Å²) in [6.45, 7) is -0.806. The van der Waals surface area contributed by atoms with Gasteiger partial charge in [-0.3, -0.25) is 13.9 Å². The molecule has 7 nitrogen and oxygen atoms in total. The van der Waals surface area contributed by atoms with E-state index >= 15 is 0 Å². The zero-order valence-electron chi connectivity index (χ0n) is 23.3. The van der Waals surface area contributed by atoms with Crippen molar-refractivity contribution in [2.24, 2.45) is 0 Å². The minimum atomic E-state index is -4.01. The Morgan fingerprint density at radius 1 is 0.952 bits per heavy atom. The predicted molar refractivity (Wildman–Crippen MR) is 165 cm³/mol. The van der Waals surface area contributed by atoms with Gasteiger partial charge in [0.25, 0.3) is 0 Å². The van der Waals surface area contributed by atoms with E-state index in [1.54, 1.807) is 18.2 Å². The Labute approximate surface area is 256 Å². The summed E-state index contributed by atoms with van der Waals surface area (Å²) in [5, 5.41) is 3.74. The standard InChI is InChI=1S/C31H34Cl2FN3O4S/c1-42(40,41)37(25-15-8-12-23(34)19-25)21-30(38)36(20-26-27(32)16-9-17-28(26)33)29(18-22-10-4-2-5-11-22)31(39)35-24-13-6-3-7-14-24/h2,4-5,8-12,15-17,19,24,29H,3,6-7,13-14,18,20-21H2,1H3,(H,35,39)/t29-/m1/s1. The highest BCUT2D eigenvalue weighted by Crippen LogP contribution is 2.28. The lowest BCUT2D eigenvalue weighted by atomic mass is 9.94. The Hall–Kier alpha value is -3.14. The lowest BCUT2D eigenvalue weighted by Crippen LogP contribution is -2.55. The largest absolute Gasteiger partial charge is 0.352 e. The smallest absolute Gasteiger partial charge is 0.244 e. The number of halogens is 3. The molecule has 0 unspecified atom stereocenters. The van der Waals surface area contributed by atoms with E-state index in [2.05, 4.69) is 5.32 Å². The Kier molecular flexibility index (Phi) is 10.9. The average Bonchev–Trinajstić information content (AvgIpc) is 2.95. The highest BCUT2D eigenvalue weighted by atomic mass is 35.5. The fraction of sp³-hybridized carbons (Fsp3) is 0.355. The summed E-state index contributed by atoms with van der Waals surface area (Å²) in [7, 11) is -4.01. The molecular formula is C31H34Cl2FN3O4S. The molecule has 0 radical (unpaired) electrons. The SMILES string of the molecule is CS(=O)(=O)N(CC(=O)N(Cc1c(Cl)cccc1Cl)[C@H](Cc1ccccc1)C(=O)NC1CCCCC1)c1cccc(F)c1. The topological polar surface area (TPSA) is 86.8 Å². The van der Waals surface area contributed by atoms with Crippen LogP contribution in [0.2, 0.25) is 10.0 Å². The first-order valence-corrected chi connectivity index (χ1v) is 16.4. The molecule has 0 spiro atoms. The summed E-state index contributed by atoms with van der Waals surface area (Å²) in [5.74, 6) is -1.67. The van der Waals surface area contributed by atoms with Crippen molar-refractivity contribution >= 4 is 50.7 Å². The fourth-order valence-electron chi connectivity index (χ4n) is 5.20. The fourth-order valence-corrected chi connectivity index (χ4v) is 6.56. The third-order valence-corrected chi connectivity index (χ3v) is 9.24. The molecule has 1 N–H and O–H groups in total. The average molecular weight is 635 g/mol. The normalized spacial score (nSPS) is 14.7. The van der Waals surface area contributed by atoms with Crippen LogP contribution in [0.5, 0.6) is 0 Å². The first-order chi connectivity index (χ1) is 20.0. The second kappa shape index (κ2) is 14.4. The molecular weight excluding hydrogens is 600 g/mol. The number of hydrogen-bond donors (Lipinski definition) is 1. The van der Waals surface area contributed by atoms with Gasteiger partial charge >= 0.3 is 0 Å².